The Morgan fingerprint density at radius 2 is 1.90 bits per heavy atom. The largest absolute Gasteiger partial charge is 0.483 e. The Hall–Kier alpha value is -2.35. The molecule has 0 aliphatic rings. The highest BCUT2D eigenvalue weighted by molar-refractivity contribution is 9.10. The minimum Gasteiger partial charge on any atom is -0.483 e. The normalized spacial score (nSPS) is 10.5. The molecule has 5 nitrogen and oxygen atoms in total. The summed E-state index contributed by atoms with van der Waals surface area (Å²) in [6, 6.07) is 12.7. The van der Waals surface area contributed by atoms with Gasteiger partial charge in [0.05, 0.1) is 6.61 Å². The molecule has 2 aromatic carbocycles. The van der Waals surface area contributed by atoms with E-state index in [0.717, 1.165) is 15.6 Å². The van der Waals surface area contributed by atoms with Crippen LogP contribution in [-0.2, 0) is 9.53 Å². The van der Waals surface area contributed by atoms with Crippen LogP contribution in [0.1, 0.15) is 22.8 Å². The van der Waals surface area contributed by atoms with Crippen molar-refractivity contribution in [3.63, 3.8) is 0 Å². The Morgan fingerprint density at radius 3 is 2.57 bits per heavy atom. The Bertz CT molecular complexity index is 1070. The van der Waals surface area contributed by atoms with Gasteiger partial charge >= 0.3 is 5.97 Å². The highest BCUT2D eigenvalue weighted by Gasteiger charge is 2.23. The van der Waals surface area contributed by atoms with E-state index in [1.165, 1.54) is 11.3 Å². The average Bonchev–Trinajstić information content (AvgIpc) is 3.11. The molecule has 1 aromatic heterocycles. The molecule has 0 aliphatic carbocycles. The fourth-order valence-electron chi connectivity index (χ4n) is 2.78. The van der Waals surface area contributed by atoms with Crippen LogP contribution in [0.3, 0.4) is 0 Å². The average molecular weight is 509 g/mol. The molecule has 0 fully saturated rings. The number of carbonyl (C=O) groups is 2. The van der Waals surface area contributed by atoms with Gasteiger partial charge in [0, 0.05) is 20.4 Å². The second kappa shape index (κ2) is 10.1. The van der Waals surface area contributed by atoms with Gasteiger partial charge < -0.3 is 14.8 Å². The van der Waals surface area contributed by atoms with E-state index in [4.69, 9.17) is 21.1 Å². The van der Waals surface area contributed by atoms with Crippen molar-refractivity contribution in [2.75, 3.05) is 18.5 Å². The second-order valence-corrected chi connectivity index (χ2v) is 8.56. The van der Waals surface area contributed by atoms with Crippen molar-refractivity contribution < 1.29 is 19.1 Å². The lowest BCUT2D eigenvalue weighted by atomic mass is 10.0. The number of ether oxygens (including phenoxy) is 2. The van der Waals surface area contributed by atoms with Crippen LogP contribution < -0.4 is 10.1 Å². The fourth-order valence-corrected chi connectivity index (χ4v) is 4.24. The second-order valence-electron chi connectivity index (χ2n) is 6.33. The maximum Gasteiger partial charge on any atom is 0.341 e. The number of esters is 1. The van der Waals surface area contributed by atoms with E-state index in [-0.39, 0.29) is 19.1 Å². The Kier molecular flexibility index (Phi) is 7.53. The molecule has 0 saturated heterocycles. The Balaban J connectivity index is 1.79. The number of hydrogen-bond donors (Lipinski definition) is 1. The zero-order valence-electron chi connectivity index (χ0n) is 16.3. The van der Waals surface area contributed by atoms with Gasteiger partial charge in [-0.2, -0.15) is 0 Å². The monoisotopic (exact) mass is 507 g/mol. The number of amides is 1. The smallest absolute Gasteiger partial charge is 0.341 e. The van der Waals surface area contributed by atoms with Crippen molar-refractivity contribution in [3.8, 4) is 16.9 Å². The van der Waals surface area contributed by atoms with Crippen LogP contribution in [0.4, 0.5) is 5.00 Å². The molecule has 0 aliphatic heterocycles. The van der Waals surface area contributed by atoms with Crippen LogP contribution in [-0.4, -0.2) is 25.1 Å². The third-order valence-electron chi connectivity index (χ3n) is 4.17. The molecule has 156 valence electrons. The molecule has 0 unspecified atom stereocenters. The van der Waals surface area contributed by atoms with Gasteiger partial charge in [-0.05, 0) is 55.3 Å². The summed E-state index contributed by atoms with van der Waals surface area (Å²) in [4.78, 5) is 25.1. The maximum atomic E-state index is 12.6. The summed E-state index contributed by atoms with van der Waals surface area (Å²) in [6.07, 6.45) is 0. The van der Waals surface area contributed by atoms with Crippen LogP contribution in [0.2, 0.25) is 5.02 Å². The molecule has 8 heteroatoms. The standard InChI is InChI=1S/C22H19BrClNO4S/c1-3-28-22(27)20-17(14-4-6-15(23)7-5-14)12-30-21(20)25-19(26)11-29-18-9-8-16(24)10-13(18)2/h4-10,12H,3,11H2,1-2H3,(H,25,26). The number of thiophene rings is 1. The van der Waals surface area contributed by atoms with E-state index >= 15 is 0 Å². The molecule has 0 saturated carbocycles. The van der Waals surface area contributed by atoms with E-state index in [1.807, 2.05) is 36.6 Å². The Morgan fingerprint density at radius 1 is 1.17 bits per heavy atom. The van der Waals surface area contributed by atoms with E-state index < -0.39 is 5.97 Å². The number of carbonyl (C=O) groups excluding carboxylic acids is 2. The summed E-state index contributed by atoms with van der Waals surface area (Å²) in [5, 5.41) is 5.62. The van der Waals surface area contributed by atoms with Gasteiger partial charge in [0.2, 0.25) is 0 Å². The maximum absolute atomic E-state index is 12.6. The van der Waals surface area contributed by atoms with Crippen LogP contribution in [0, 0.1) is 6.92 Å². The first-order chi connectivity index (χ1) is 14.4. The molecule has 3 rings (SSSR count). The molecule has 0 spiro atoms. The van der Waals surface area contributed by atoms with Crippen LogP contribution in [0.15, 0.2) is 52.3 Å². The van der Waals surface area contributed by atoms with Crippen molar-refractivity contribution in [3.05, 3.63) is 68.5 Å². The third-order valence-corrected chi connectivity index (χ3v) is 5.83. The number of rotatable bonds is 7. The quantitative estimate of drug-likeness (QED) is 0.379. The zero-order valence-corrected chi connectivity index (χ0v) is 19.5. The van der Waals surface area contributed by atoms with Crippen LogP contribution in [0.5, 0.6) is 5.75 Å². The van der Waals surface area contributed by atoms with E-state index in [1.54, 1.807) is 25.1 Å². The number of hydrogen-bond acceptors (Lipinski definition) is 5. The molecule has 0 atom stereocenters. The van der Waals surface area contributed by atoms with E-state index in [9.17, 15) is 9.59 Å². The van der Waals surface area contributed by atoms with Gasteiger partial charge in [0.25, 0.3) is 5.91 Å². The van der Waals surface area contributed by atoms with Gasteiger partial charge in [0.1, 0.15) is 16.3 Å². The van der Waals surface area contributed by atoms with Crippen molar-refractivity contribution in [1.82, 2.24) is 0 Å². The Labute approximate surface area is 192 Å². The first-order valence-electron chi connectivity index (χ1n) is 9.12. The minimum atomic E-state index is -0.485. The lowest BCUT2D eigenvalue weighted by molar-refractivity contribution is -0.118. The number of anilines is 1. The highest BCUT2D eigenvalue weighted by atomic mass is 79.9. The summed E-state index contributed by atoms with van der Waals surface area (Å²) in [6.45, 7) is 3.63. The minimum absolute atomic E-state index is 0.198. The first kappa shape index (κ1) is 22.3. The number of aryl methyl sites for hydroxylation is 1. The molecule has 3 aromatic rings. The molecule has 1 N–H and O–H groups in total. The highest BCUT2D eigenvalue weighted by Crippen LogP contribution is 2.36. The zero-order chi connectivity index (χ0) is 21.7. The molecule has 30 heavy (non-hydrogen) atoms. The van der Waals surface area contributed by atoms with Crippen molar-refractivity contribution in [1.29, 1.82) is 0 Å². The third kappa shape index (κ3) is 5.41. The van der Waals surface area contributed by atoms with Crippen LogP contribution >= 0.6 is 38.9 Å². The van der Waals surface area contributed by atoms with Gasteiger partial charge in [-0.25, -0.2) is 4.79 Å². The fraction of sp³-hybridized carbons (Fsp3) is 0.182. The summed E-state index contributed by atoms with van der Waals surface area (Å²) < 4.78 is 11.7. The van der Waals surface area contributed by atoms with Gasteiger partial charge in [-0.1, -0.05) is 39.7 Å². The summed E-state index contributed by atoms with van der Waals surface area (Å²) in [5.74, 6) is -0.289. The lowest BCUT2D eigenvalue weighted by Gasteiger charge is -2.11. The van der Waals surface area contributed by atoms with Gasteiger partial charge in [0.15, 0.2) is 6.61 Å². The van der Waals surface area contributed by atoms with Gasteiger partial charge in [-0.15, -0.1) is 11.3 Å². The van der Waals surface area contributed by atoms with Crippen molar-refractivity contribution >= 4 is 55.7 Å². The number of halogens is 2. The predicted molar refractivity (Wildman–Crippen MR) is 124 cm³/mol. The summed E-state index contributed by atoms with van der Waals surface area (Å²) >= 11 is 10.6. The molecule has 0 radical (unpaired) electrons. The predicted octanol–water partition coefficient (Wildman–Crippen LogP) is 6.33. The van der Waals surface area contributed by atoms with Gasteiger partial charge in [-0.3, -0.25) is 4.79 Å². The van der Waals surface area contributed by atoms with Crippen LogP contribution in [0.25, 0.3) is 11.1 Å². The number of nitrogens with one attached hydrogen (secondary N) is 1. The SMILES string of the molecule is CCOC(=O)c1c(-c2ccc(Br)cc2)csc1NC(=O)COc1ccc(Cl)cc1C. The van der Waals surface area contributed by atoms with E-state index in [2.05, 4.69) is 21.2 Å². The topological polar surface area (TPSA) is 64.6 Å². The van der Waals surface area contributed by atoms with E-state index in [0.29, 0.717) is 26.9 Å². The first-order valence-corrected chi connectivity index (χ1v) is 11.2. The molecule has 0 bridgehead atoms. The molecular formula is C22H19BrClNO4S. The molecular weight excluding hydrogens is 490 g/mol. The summed E-state index contributed by atoms with van der Waals surface area (Å²) in [7, 11) is 0. The number of benzene rings is 2. The van der Waals surface area contributed by atoms with Crippen molar-refractivity contribution in [2.45, 2.75) is 13.8 Å². The lowest BCUT2D eigenvalue weighted by Crippen LogP contribution is -2.21. The molecule has 1 heterocycles. The van der Waals surface area contributed by atoms with Crippen molar-refractivity contribution in [2.24, 2.45) is 0 Å². The molecule has 1 amide bonds. The summed E-state index contributed by atoms with van der Waals surface area (Å²) in [5.41, 5.74) is 2.72.